The van der Waals surface area contributed by atoms with Crippen molar-refractivity contribution in [3.8, 4) is 11.8 Å². The minimum atomic E-state index is -4.64. The van der Waals surface area contributed by atoms with Crippen molar-refractivity contribution < 1.29 is 27.6 Å². The molecule has 3 aromatic rings. The topological polar surface area (TPSA) is 111 Å². The first-order chi connectivity index (χ1) is 20.6. The number of anilines is 1. The quantitative estimate of drug-likeness (QED) is 0.383. The number of nitrogens with zero attached hydrogens (tertiary/aromatic N) is 5. The van der Waals surface area contributed by atoms with E-state index in [1.165, 1.54) is 15.9 Å². The average Bonchev–Trinajstić information content (AvgIpc) is 3.94. The number of likely N-dealkylation sites (N-methyl/N-ethyl adjacent to an activating group) is 1. The summed E-state index contributed by atoms with van der Waals surface area (Å²) < 4.78 is 41.7. The van der Waals surface area contributed by atoms with E-state index in [0.717, 1.165) is 43.9 Å². The molecule has 1 aliphatic heterocycles. The fourth-order valence-corrected chi connectivity index (χ4v) is 5.93. The van der Waals surface area contributed by atoms with Gasteiger partial charge in [-0.25, -0.2) is 4.68 Å². The Morgan fingerprint density at radius 1 is 1.09 bits per heavy atom. The third-order valence-electron chi connectivity index (χ3n) is 8.25. The summed E-state index contributed by atoms with van der Waals surface area (Å²) in [6, 6.07) is 14.0. The van der Waals surface area contributed by atoms with E-state index in [9.17, 15) is 32.8 Å². The highest BCUT2D eigenvalue weighted by molar-refractivity contribution is 6.07. The van der Waals surface area contributed by atoms with Crippen LogP contribution in [-0.2, 0) is 11.0 Å². The zero-order valence-corrected chi connectivity index (χ0v) is 23.3. The number of hydrogen-bond acceptors (Lipinski definition) is 5. The zero-order chi connectivity index (χ0) is 30.5. The van der Waals surface area contributed by atoms with E-state index in [4.69, 9.17) is 5.10 Å². The van der Waals surface area contributed by atoms with Crippen molar-refractivity contribution in [1.29, 1.82) is 5.26 Å². The second kappa shape index (κ2) is 10.9. The predicted octanol–water partition coefficient (Wildman–Crippen LogP) is 4.68. The number of halogens is 3. The number of rotatable bonds is 8. The molecule has 222 valence electrons. The molecule has 9 nitrogen and oxygen atoms in total. The molecule has 1 N–H and O–H groups in total. The van der Waals surface area contributed by atoms with Crippen LogP contribution in [0, 0.1) is 17.2 Å². The van der Waals surface area contributed by atoms with E-state index in [2.05, 4.69) is 11.4 Å². The molecule has 2 heterocycles. The number of benzene rings is 2. The summed E-state index contributed by atoms with van der Waals surface area (Å²) in [4.78, 5) is 44.6. The largest absolute Gasteiger partial charge is 0.416 e. The van der Waals surface area contributed by atoms with Gasteiger partial charge in [-0.15, -0.1) is 0 Å². The van der Waals surface area contributed by atoms with Gasteiger partial charge in [0.1, 0.15) is 18.4 Å². The molecule has 2 aromatic carbocycles. The Hall–Kier alpha value is -4.66. The van der Waals surface area contributed by atoms with Crippen molar-refractivity contribution in [2.45, 2.75) is 56.8 Å². The predicted molar refractivity (Wildman–Crippen MR) is 149 cm³/mol. The maximum atomic E-state index is 14.1. The van der Waals surface area contributed by atoms with Gasteiger partial charge >= 0.3 is 6.18 Å². The third-order valence-corrected chi connectivity index (χ3v) is 8.25. The van der Waals surface area contributed by atoms with Gasteiger partial charge < -0.3 is 10.2 Å². The lowest BCUT2D eigenvalue weighted by Crippen LogP contribution is -2.56. The van der Waals surface area contributed by atoms with E-state index < -0.39 is 41.4 Å². The SMILES string of the molecule is CCN1C(=O)[C@H](NC(=O)c2cccc(C(F)(F)F)c2)[C@H](C2CC2)c2c(C(=O)N(CC#N)C3CC3)nn(-c3ccccc3)c21. The summed E-state index contributed by atoms with van der Waals surface area (Å²) in [5, 5.41) is 17.0. The van der Waals surface area contributed by atoms with Gasteiger partial charge in [0.15, 0.2) is 5.69 Å². The molecular weight excluding hydrogens is 561 g/mol. The summed E-state index contributed by atoms with van der Waals surface area (Å²) in [6.45, 7) is 1.84. The first-order valence-electron chi connectivity index (χ1n) is 14.3. The van der Waals surface area contributed by atoms with Crippen molar-refractivity contribution >= 4 is 23.5 Å². The molecular formula is C31H29F3N6O3. The van der Waals surface area contributed by atoms with Crippen LogP contribution in [0.15, 0.2) is 54.6 Å². The van der Waals surface area contributed by atoms with Crippen LogP contribution in [0.5, 0.6) is 0 Å². The number of aromatic nitrogens is 2. The van der Waals surface area contributed by atoms with Crippen LogP contribution >= 0.6 is 0 Å². The van der Waals surface area contributed by atoms with E-state index in [1.807, 2.05) is 18.2 Å². The van der Waals surface area contributed by atoms with Gasteiger partial charge in [-0.1, -0.05) is 24.3 Å². The summed E-state index contributed by atoms with van der Waals surface area (Å²) in [7, 11) is 0. The minimum Gasteiger partial charge on any atom is -0.340 e. The Morgan fingerprint density at radius 2 is 1.81 bits per heavy atom. The van der Waals surface area contributed by atoms with Crippen LogP contribution in [0.25, 0.3) is 5.69 Å². The second-order valence-electron chi connectivity index (χ2n) is 11.1. The fourth-order valence-electron chi connectivity index (χ4n) is 5.93. The van der Waals surface area contributed by atoms with E-state index >= 15 is 0 Å². The molecule has 3 amide bonds. The molecule has 2 atom stereocenters. The number of para-hydroxylation sites is 1. The minimum absolute atomic E-state index is 0.0566. The number of fused-ring (bicyclic) bond motifs is 1. The lowest BCUT2D eigenvalue weighted by molar-refractivity contribution is -0.137. The van der Waals surface area contributed by atoms with Crippen LogP contribution in [0.2, 0.25) is 0 Å². The highest BCUT2D eigenvalue weighted by atomic mass is 19.4. The Morgan fingerprint density at radius 3 is 2.42 bits per heavy atom. The Labute approximate surface area is 245 Å². The van der Waals surface area contributed by atoms with Crippen LogP contribution < -0.4 is 10.2 Å². The molecule has 1 aromatic heterocycles. The number of nitriles is 1. The van der Waals surface area contributed by atoms with Crippen LogP contribution in [0.3, 0.4) is 0 Å². The summed E-state index contributed by atoms with van der Waals surface area (Å²) in [5.41, 5.74) is 0.0541. The number of nitrogens with one attached hydrogen (secondary N) is 1. The lowest BCUT2D eigenvalue weighted by atomic mass is 9.82. The van der Waals surface area contributed by atoms with Gasteiger partial charge in [-0.05, 0) is 68.9 Å². The molecule has 0 saturated heterocycles. The molecule has 6 rings (SSSR count). The van der Waals surface area contributed by atoms with Gasteiger partial charge in [0, 0.05) is 29.6 Å². The van der Waals surface area contributed by atoms with Gasteiger partial charge in [-0.3, -0.25) is 19.3 Å². The monoisotopic (exact) mass is 590 g/mol. The third kappa shape index (κ3) is 5.24. The molecule has 12 heteroatoms. The smallest absolute Gasteiger partial charge is 0.340 e. The summed E-state index contributed by atoms with van der Waals surface area (Å²) in [5.74, 6) is -1.94. The number of hydrogen-bond donors (Lipinski definition) is 1. The fraction of sp³-hybridized carbons (Fsp3) is 0.387. The molecule has 2 aliphatic carbocycles. The highest BCUT2D eigenvalue weighted by Gasteiger charge is 2.52. The van der Waals surface area contributed by atoms with Crippen LogP contribution in [-0.4, -0.2) is 57.6 Å². The normalized spacial score (nSPS) is 19.9. The van der Waals surface area contributed by atoms with Crippen molar-refractivity contribution in [3.05, 3.63) is 77.0 Å². The Balaban J connectivity index is 1.48. The highest BCUT2D eigenvalue weighted by Crippen LogP contribution is 2.52. The maximum absolute atomic E-state index is 14.1. The molecule has 2 saturated carbocycles. The average molecular weight is 591 g/mol. The first-order valence-corrected chi connectivity index (χ1v) is 14.3. The van der Waals surface area contributed by atoms with Crippen LogP contribution in [0.1, 0.15) is 70.5 Å². The second-order valence-corrected chi connectivity index (χ2v) is 11.1. The zero-order valence-electron chi connectivity index (χ0n) is 23.3. The number of carbonyl (C=O) groups excluding carboxylic acids is 3. The molecule has 0 unspecified atom stereocenters. The van der Waals surface area contributed by atoms with Crippen molar-refractivity contribution in [2.75, 3.05) is 18.0 Å². The van der Waals surface area contributed by atoms with Gasteiger partial charge in [-0.2, -0.15) is 23.5 Å². The van der Waals surface area contributed by atoms with Gasteiger partial charge in [0.25, 0.3) is 17.7 Å². The molecule has 0 radical (unpaired) electrons. The molecule has 2 fully saturated rings. The van der Waals surface area contributed by atoms with Crippen molar-refractivity contribution in [2.24, 2.45) is 5.92 Å². The van der Waals surface area contributed by atoms with Crippen LogP contribution in [0.4, 0.5) is 19.0 Å². The summed E-state index contributed by atoms with van der Waals surface area (Å²) in [6.07, 6.45) is -1.60. The van der Waals surface area contributed by atoms with Crippen molar-refractivity contribution in [1.82, 2.24) is 20.0 Å². The van der Waals surface area contributed by atoms with E-state index in [-0.39, 0.29) is 36.3 Å². The van der Waals surface area contributed by atoms with Gasteiger partial charge in [0.2, 0.25) is 0 Å². The van der Waals surface area contributed by atoms with E-state index in [1.54, 1.807) is 23.7 Å². The Bertz CT molecular complexity index is 1620. The number of amides is 3. The van der Waals surface area contributed by atoms with Gasteiger partial charge in [0.05, 0.1) is 17.3 Å². The van der Waals surface area contributed by atoms with E-state index in [0.29, 0.717) is 17.1 Å². The van der Waals surface area contributed by atoms with Crippen molar-refractivity contribution in [3.63, 3.8) is 0 Å². The molecule has 0 spiro atoms. The number of alkyl halides is 3. The molecule has 43 heavy (non-hydrogen) atoms. The first kappa shape index (κ1) is 28.5. The lowest BCUT2D eigenvalue weighted by Gasteiger charge is -2.38. The maximum Gasteiger partial charge on any atom is 0.416 e. The molecule has 0 bridgehead atoms. The standard InChI is InChI=1S/C31H29F3N6O3/c1-2-38-28-24(26(30(43)39(16-15-35)21-13-14-21)37-40(28)22-9-4-3-5-10-22)23(18-11-12-18)25(29(38)42)36-27(41)19-7-6-8-20(17-19)31(32,33)34/h3-10,17-18,21,23,25H,2,11-14,16H2,1H3,(H,36,41)/t23-,25-/m1/s1. The summed E-state index contributed by atoms with van der Waals surface area (Å²) >= 11 is 0. The molecule has 3 aliphatic rings. The Kier molecular flexibility index (Phi) is 7.20. The number of carbonyl (C=O) groups is 3.